The smallest absolute Gasteiger partial charge is 0.269 e. The summed E-state index contributed by atoms with van der Waals surface area (Å²) >= 11 is 0.779. The normalized spacial score (nSPS) is 11.9. The van der Waals surface area contributed by atoms with Crippen molar-refractivity contribution in [3.8, 4) is 5.75 Å². The Balaban J connectivity index is 1.51. The topological polar surface area (TPSA) is 110 Å². The van der Waals surface area contributed by atoms with E-state index in [-0.39, 0.29) is 33.9 Å². The second kappa shape index (κ2) is 9.76. The Kier molecular flexibility index (Phi) is 7.27. The Morgan fingerprint density at radius 3 is 2.31 bits per heavy atom. The highest BCUT2D eigenvalue weighted by atomic mass is 32.2. The lowest BCUT2D eigenvalue weighted by Crippen LogP contribution is -2.28. The Bertz CT molecular complexity index is 1170. The number of carbonyl (C=O) groups is 1. The van der Waals surface area contributed by atoms with Crippen LogP contribution in [-0.2, 0) is 15.4 Å². The van der Waals surface area contributed by atoms with Crippen molar-refractivity contribution in [1.29, 1.82) is 0 Å². The highest BCUT2D eigenvalue weighted by Gasteiger charge is 2.21. The van der Waals surface area contributed by atoms with Crippen LogP contribution in [-0.4, -0.2) is 37.7 Å². The zero-order valence-corrected chi connectivity index (χ0v) is 20.0. The van der Waals surface area contributed by atoms with Crippen LogP contribution in [0.15, 0.2) is 52.9 Å². The average Bonchev–Trinajstić information content (AvgIpc) is 3.21. The molecule has 0 aliphatic carbocycles. The number of hydrogen-bond donors (Lipinski definition) is 2. The minimum absolute atomic E-state index is 0.0500. The van der Waals surface area contributed by atoms with E-state index < -0.39 is 10.0 Å². The molecule has 0 saturated heterocycles. The Morgan fingerprint density at radius 2 is 1.69 bits per heavy atom. The monoisotopic (exact) mass is 474 g/mol. The van der Waals surface area contributed by atoms with Crippen molar-refractivity contribution in [1.82, 2.24) is 14.9 Å². The largest absolute Gasteiger partial charge is 0.492 e. The summed E-state index contributed by atoms with van der Waals surface area (Å²) in [4.78, 5) is 12.3. The van der Waals surface area contributed by atoms with E-state index in [2.05, 4.69) is 41.0 Å². The molecule has 0 unspecified atom stereocenters. The van der Waals surface area contributed by atoms with Gasteiger partial charge in [0.05, 0.1) is 0 Å². The van der Waals surface area contributed by atoms with E-state index in [9.17, 15) is 13.2 Å². The molecule has 8 nitrogen and oxygen atoms in total. The summed E-state index contributed by atoms with van der Waals surface area (Å²) in [7, 11) is -3.86. The number of rotatable bonds is 8. The maximum absolute atomic E-state index is 12.4. The average molecular weight is 475 g/mol. The van der Waals surface area contributed by atoms with Gasteiger partial charge < -0.3 is 4.74 Å². The molecule has 0 fully saturated rings. The third-order valence-corrected chi connectivity index (χ3v) is 7.22. The number of hydrogen-bond acceptors (Lipinski definition) is 7. The molecule has 10 heteroatoms. The standard InChI is InChI=1S/C22H26N4O4S2/c1-15-5-7-16(8-6-15)19(27)24-20-25-26-21(31-20)32(28,29)23-13-14-30-18-11-9-17(10-12-18)22(2,3)4/h5-12,23H,13-14H2,1-4H3,(H,24,25,27). The van der Waals surface area contributed by atoms with Crippen molar-refractivity contribution in [2.75, 3.05) is 18.5 Å². The maximum Gasteiger partial charge on any atom is 0.269 e. The highest BCUT2D eigenvalue weighted by molar-refractivity contribution is 7.91. The summed E-state index contributed by atoms with van der Waals surface area (Å²) in [5, 5.41) is 10.1. The molecule has 1 aromatic heterocycles. The van der Waals surface area contributed by atoms with Crippen molar-refractivity contribution in [2.45, 2.75) is 37.4 Å². The molecule has 3 aromatic rings. The van der Waals surface area contributed by atoms with E-state index >= 15 is 0 Å². The molecule has 2 aromatic carbocycles. The van der Waals surface area contributed by atoms with Gasteiger partial charge in [-0.05, 0) is 42.2 Å². The van der Waals surface area contributed by atoms with Crippen LogP contribution in [0.2, 0.25) is 0 Å². The highest BCUT2D eigenvalue weighted by Crippen LogP contribution is 2.24. The number of sulfonamides is 1. The lowest BCUT2D eigenvalue weighted by Gasteiger charge is -2.19. The van der Waals surface area contributed by atoms with E-state index in [1.807, 2.05) is 43.3 Å². The fraction of sp³-hybridized carbons (Fsp3) is 0.318. The molecule has 0 aliphatic heterocycles. The SMILES string of the molecule is Cc1ccc(C(=O)Nc2nnc(S(=O)(=O)NCCOc3ccc(C(C)(C)C)cc3)s2)cc1. The maximum atomic E-state index is 12.4. The quantitative estimate of drug-likeness (QED) is 0.380. The van der Waals surface area contributed by atoms with Crippen LogP contribution < -0.4 is 14.8 Å². The van der Waals surface area contributed by atoms with Gasteiger partial charge in [-0.3, -0.25) is 10.1 Å². The van der Waals surface area contributed by atoms with Crippen molar-refractivity contribution in [2.24, 2.45) is 0 Å². The number of benzene rings is 2. The number of aryl methyl sites for hydroxylation is 1. The van der Waals surface area contributed by atoms with E-state index in [1.165, 1.54) is 5.56 Å². The molecule has 0 saturated carbocycles. The van der Waals surface area contributed by atoms with Crippen LogP contribution in [0.4, 0.5) is 5.13 Å². The van der Waals surface area contributed by atoms with Gasteiger partial charge in [-0.2, -0.15) is 0 Å². The van der Waals surface area contributed by atoms with Crippen molar-refractivity contribution >= 4 is 32.4 Å². The number of aromatic nitrogens is 2. The van der Waals surface area contributed by atoms with Gasteiger partial charge in [0.25, 0.3) is 15.9 Å². The molecule has 0 radical (unpaired) electrons. The van der Waals surface area contributed by atoms with Gasteiger partial charge >= 0.3 is 0 Å². The molecular formula is C22H26N4O4S2. The molecule has 170 valence electrons. The summed E-state index contributed by atoms with van der Waals surface area (Å²) in [6, 6.07) is 14.7. The van der Waals surface area contributed by atoms with Crippen molar-refractivity contribution < 1.29 is 17.9 Å². The molecule has 0 aliphatic rings. The van der Waals surface area contributed by atoms with Crippen LogP contribution >= 0.6 is 11.3 Å². The van der Waals surface area contributed by atoms with E-state index in [0.717, 1.165) is 16.9 Å². The molecule has 1 heterocycles. The molecular weight excluding hydrogens is 448 g/mol. The van der Waals surface area contributed by atoms with Crippen LogP contribution in [0.3, 0.4) is 0 Å². The number of nitrogens with one attached hydrogen (secondary N) is 2. The zero-order chi connectivity index (χ0) is 23.4. The molecule has 3 rings (SSSR count). The Labute approximate surface area is 192 Å². The van der Waals surface area contributed by atoms with Crippen molar-refractivity contribution in [3.05, 3.63) is 65.2 Å². The van der Waals surface area contributed by atoms with Crippen LogP contribution in [0.1, 0.15) is 42.3 Å². The molecule has 32 heavy (non-hydrogen) atoms. The number of anilines is 1. The molecule has 0 bridgehead atoms. The Hall–Kier alpha value is -2.82. The van der Waals surface area contributed by atoms with Crippen LogP contribution in [0.5, 0.6) is 5.75 Å². The number of ether oxygens (including phenoxy) is 1. The molecule has 1 amide bonds. The van der Waals surface area contributed by atoms with Gasteiger partial charge in [0, 0.05) is 12.1 Å². The third-order valence-electron chi connectivity index (χ3n) is 4.55. The summed E-state index contributed by atoms with van der Waals surface area (Å²) in [6.45, 7) is 8.53. The van der Waals surface area contributed by atoms with E-state index in [1.54, 1.807) is 12.1 Å². The first-order valence-electron chi connectivity index (χ1n) is 9.99. The number of carbonyl (C=O) groups excluding carboxylic acids is 1. The zero-order valence-electron chi connectivity index (χ0n) is 18.4. The third kappa shape index (κ3) is 6.35. The van der Waals surface area contributed by atoms with Gasteiger partial charge in [-0.15, -0.1) is 10.2 Å². The van der Waals surface area contributed by atoms with Crippen LogP contribution in [0.25, 0.3) is 0 Å². The minimum atomic E-state index is -3.86. The van der Waals surface area contributed by atoms with E-state index in [0.29, 0.717) is 11.3 Å². The second-order valence-corrected chi connectivity index (χ2v) is 11.1. The predicted octanol–water partition coefficient (Wildman–Crippen LogP) is 3.75. The summed E-state index contributed by atoms with van der Waals surface area (Å²) < 4.78 is 32.7. The first-order chi connectivity index (χ1) is 15.0. The fourth-order valence-electron chi connectivity index (χ4n) is 2.70. The number of amides is 1. The Morgan fingerprint density at radius 1 is 1.03 bits per heavy atom. The van der Waals surface area contributed by atoms with E-state index in [4.69, 9.17) is 4.74 Å². The first-order valence-corrected chi connectivity index (χ1v) is 12.3. The molecule has 0 atom stereocenters. The minimum Gasteiger partial charge on any atom is -0.492 e. The fourth-order valence-corrected chi connectivity index (χ4v) is 4.65. The van der Waals surface area contributed by atoms with Gasteiger partial charge in [-0.25, -0.2) is 13.1 Å². The van der Waals surface area contributed by atoms with Gasteiger partial charge in [-0.1, -0.05) is 61.9 Å². The summed E-state index contributed by atoms with van der Waals surface area (Å²) in [5.74, 6) is 0.276. The number of nitrogens with zero attached hydrogens (tertiary/aromatic N) is 2. The predicted molar refractivity (Wildman–Crippen MR) is 125 cm³/mol. The van der Waals surface area contributed by atoms with Gasteiger partial charge in [0.2, 0.25) is 9.47 Å². The lowest BCUT2D eigenvalue weighted by atomic mass is 9.87. The van der Waals surface area contributed by atoms with Gasteiger partial charge in [0.1, 0.15) is 12.4 Å². The molecule has 2 N–H and O–H groups in total. The second-order valence-electron chi connectivity index (χ2n) is 8.21. The molecule has 0 spiro atoms. The summed E-state index contributed by atoms with van der Waals surface area (Å²) in [6.07, 6.45) is 0. The van der Waals surface area contributed by atoms with Crippen LogP contribution in [0, 0.1) is 6.92 Å². The summed E-state index contributed by atoms with van der Waals surface area (Å²) in [5.41, 5.74) is 2.71. The lowest BCUT2D eigenvalue weighted by molar-refractivity contribution is 0.102. The van der Waals surface area contributed by atoms with Gasteiger partial charge in [0.15, 0.2) is 0 Å². The van der Waals surface area contributed by atoms with Crippen molar-refractivity contribution in [3.63, 3.8) is 0 Å². The first kappa shape index (κ1) is 23.8.